The molecule has 0 saturated carbocycles. The summed E-state index contributed by atoms with van der Waals surface area (Å²) in [5.74, 6) is -0.0807. The number of rotatable bonds is 0. The largest absolute Gasteiger partial charge is 0.207 e. The van der Waals surface area contributed by atoms with E-state index in [1.807, 2.05) is 12.1 Å². The molecule has 74 valence electrons. The molecule has 0 bridgehead atoms. The molecule has 0 aliphatic heterocycles. The van der Waals surface area contributed by atoms with Crippen molar-refractivity contribution in [3.8, 4) is 0 Å². The smallest absolute Gasteiger partial charge is 0.127 e. The molecule has 0 amide bonds. The van der Waals surface area contributed by atoms with Gasteiger partial charge in [-0.2, -0.15) is 0 Å². The van der Waals surface area contributed by atoms with Gasteiger partial charge in [-0.1, -0.05) is 39.0 Å². The van der Waals surface area contributed by atoms with E-state index in [1.54, 1.807) is 6.07 Å². The summed E-state index contributed by atoms with van der Waals surface area (Å²) in [6.07, 6.45) is 5.08. The fourth-order valence-corrected chi connectivity index (χ4v) is 2.07. The van der Waals surface area contributed by atoms with Gasteiger partial charge in [0.25, 0.3) is 0 Å². The zero-order chi connectivity index (χ0) is 10.3. The van der Waals surface area contributed by atoms with Gasteiger partial charge in [0.2, 0.25) is 0 Å². The van der Waals surface area contributed by atoms with Crippen LogP contribution in [0.1, 0.15) is 37.5 Å². The van der Waals surface area contributed by atoms with E-state index in [4.69, 9.17) is 0 Å². The minimum Gasteiger partial charge on any atom is -0.207 e. The molecular weight excluding hydrogens is 175 g/mol. The number of fused-ring (bicyclic) bond motifs is 1. The summed E-state index contributed by atoms with van der Waals surface area (Å²) in [4.78, 5) is 0. The summed E-state index contributed by atoms with van der Waals surface area (Å²) in [6.45, 7) is 6.16. The second-order valence-corrected chi connectivity index (χ2v) is 4.85. The molecule has 1 aromatic rings. The highest BCUT2D eigenvalue weighted by Crippen LogP contribution is 2.34. The van der Waals surface area contributed by atoms with Crippen molar-refractivity contribution in [2.45, 2.75) is 32.6 Å². The summed E-state index contributed by atoms with van der Waals surface area (Å²) in [5, 5.41) is 0. The molecule has 0 heterocycles. The number of hydrogen-bond donors (Lipinski definition) is 0. The molecule has 1 aliphatic rings. The predicted molar refractivity (Wildman–Crippen MR) is 57.8 cm³/mol. The van der Waals surface area contributed by atoms with E-state index < -0.39 is 0 Å². The molecule has 0 nitrogen and oxygen atoms in total. The third-order valence-electron chi connectivity index (χ3n) is 2.66. The first kappa shape index (κ1) is 9.45. The molecule has 0 spiro atoms. The van der Waals surface area contributed by atoms with Crippen LogP contribution in [0.4, 0.5) is 4.39 Å². The van der Waals surface area contributed by atoms with Crippen LogP contribution in [0.15, 0.2) is 18.2 Å². The maximum atomic E-state index is 13.7. The first-order chi connectivity index (χ1) is 6.50. The third kappa shape index (κ3) is 1.37. The van der Waals surface area contributed by atoms with Gasteiger partial charge >= 0.3 is 0 Å². The molecule has 0 radical (unpaired) electrons. The highest BCUT2D eigenvalue weighted by atomic mass is 19.1. The highest BCUT2D eigenvalue weighted by Gasteiger charge is 2.24. The first-order valence-corrected chi connectivity index (χ1v) is 4.98. The summed E-state index contributed by atoms with van der Waals surface area (Å²) in [6, 6.07) is 3.48. The highest BCUT2D eigenvalue weighted by molar-refractivity contribution is 5.65. The topological polar surface area (TPSA) is 0 Å². The average molecular weight is 190 g/mol. The monoisotopic (exact) mass is 190 g/mol. The minimum absolute atomic E-state index is 0.0807. The molecule has 0 N–H and O–H groups in total. The van der Waals surface area contributed by atoms with Gasteiger partial charge in [0.1, 0.15) is 5.82 Å². The van der Waals surface area contributed by atoms with E-state index in [1.165, 1.54) is 5.56 Å². The zero-order valence-electron chi connectivity index (χ0n) is 8.89. The molecule has 14 heavy (non-hydrogen) atoms. The Hall–Kier alpha value is -1.11. The Morgan fingerprint density at radius 1 is 1.21 bits per heavy atom. The van der Waals surface area contributed by atoms with Crippen molar-refractivity contribution in [2.75, 3.05) is 0 Å². The van der Waals surface area contributed by atoms with Gasteiger partial charge in [0.05, 0.1) is 0 Å². The van der Waals surface area contributed by atoms with Crippen molar-refractivity contribution in [1.29, 1.82) is 0 Å². The number of halogens is 1. The second-order valence-electron chi connectivity index (χ2n) is 4.85. The second kappa shape index (κ2) is 2.94. The molecule has 1 aliphatic carbocycles. The Labute approximate surface area is 84.5 Å². The van der Waals surface area contributed by atoms with Gasteiger partial charge in [0, 0.05) is 5.56 Å². The molecular formula is C13H15F. The third-order valence-corrected chi connectivity index (χ3v) is 2.66. The van der Waals surface area contributed by atoms with Crippen LogP contribution in [0.25, 0.3) is 6.08 Å². The van der Waals surface area contributed by atoms with E-state index in [0.717, 1.165) is 17.5 Å². The maximum Gasteiger partial charge on any atom is 0.127 e. The Balaban J connectivity index is 2.69. The SMILES string of the molecule is CC(C)(C)c1c(F)ccc2c1C=CC2. The van der Waals surface area contributed by atoms with Crippen molar-refractivity contribution in [3.05, 3.63) is 40.7 Å². The molecule has 0 saturated heterocycles. The van der Waals surface area contributed by atoms with Gasteiger partial charge in [-0.05, 0) is 29.0 Å². The van der Waals surface area contributed by atoms with Crippen LogP contribution in [0.2, 0.25) is 0 Å². The molecule has 1 heteroatoms. The van der Waals surface area contributed by atoms with E-state index in [0.29, 0.717) is 0 Å². The van der Waals surface area contributed by atoms with E-state index in [-0.39, 0.29) is 11.2 Å². The number of benzene rings is 1. The normalized spacial score (nSPS) is 14.6. The van der Waals surface area contributed by atoms with Gasteiger partial charge in [-0.25, -0.2) is 4.39 Å². The standard InChI is InChI=1S/C13H15F/c1-13(2,3)12-10-6-4-5-9(10)7-8-11(12)14/h4,6-8H,5H2,1-3H3. The number of hydrogen-bond acceptors (Lipinski definition) is 0. The van der Waals surface area contributed by atoms with Crippen LogP contribution in [-0.4, -0.2) is 0 Å². The zero-order valence-corrected chi connectivity index (χ0v) is 8.89. The van der Waals surface area contributed by atoms with E-state index >= 15 is 0 Å². The summed E-state index contributed by atoms with van der Waals surface area (Å²) < 4.78 is 13.7. The van der Waals surface area contributed by atoms with Crippen LogP contribution >= 0.6 is 0 Å². The predicted octanol–water partition coefficient (Wildman–Crippen LogP) is 3.69. The Kier molecular flexibility index (Phi) is 1.99. The summed E-state index contributed by atoms with van der Waals surface area (Å²) in [5.41, 5.74) is 3.07. The molecule has 0 fully saturated rings. The van der Waals surface area contributed by atoms with Crippen LogP contribution in [-0.2, 0) is 11.8 Å². The average Bonchev–Trinajstić information content (AvgIpc) is 2.48. The van der Waals surface area contributed by atoms with Crippen LogP contribution in [0.5, 0.6) is 0 Å². The molecule has 0 aromatic heterocycles. The fraction of sp³-hybridized carbons (Fsp3) is 0.385. The number of allylic oxidation sites excluding steroid dienone is 1. The Morgan fingerprint density at radius 3 is 2.57 bits per heavy atom. The Bertz CT molecular complexity index is 394. The van der Waals surface area contributed by atoms with Gasteiger partial charge in [-0.3, -0.25) is 0 Å². The molecule has 0 atom stereocenters. The molecule has 2 rings (SSSR count). The lowest BCUT2D eigenvalue weighted by atomic mass is 9.82. The lowest BCUT2D eigenvalue weighted by Crippen LogP contribution is -2.16. The van der Waals surface area contributed by atoms with Crippen molar-refractivity contribution in [1.82, 2.24) is 0 Å². The summed E-state index contributed by atoms with van der Waals surface area (Å²) >= 11 is 0. The lowest BCUT2D eigenvalue weighted by Gasteiger charge is -2.23. The van der Waals surface area contributed by atoms with Gasteiger partial charge in [0.15, 0.2) is 0 Å². The minimum atomic E-state index is -0.121. The van der Waals surface area contributed by atoms with Crippen LogP contribution in [0, 0.1) is 5.82 Å². The van der Waals surface area contributed by atoms with Crippen LogP contribution in [0.3, 0.4) is 0 Å². The Morgan fingerprint density at radius 2 is 1.93 bits per heavy atom. The van der Waals surface area contributed by atoms with Crippen molar-refractivity contribution in [3.63, 3.8) is 0 Å². The fourth-order valence-electron chi connectivity index (χ4n) is 2.07. The van der Waals surface area contributed by atoms with E-state index in [9.17, 15) is 4.39 Å². The van der Waals surface area contributed by atoms with Crippen molar-refractivity contribution < 1.29 is 4.39 Å². The lowest BCUT2D eigenvalue weighted by molar-refractivity contribution is 0.521. The van der Waals surface area contributed by atoms with E-state index in [2.05, 4.69) is 26.8 Å². The van der Waals surface area contributed by atoms with Crippen LogP contribution < -0.4 is 0 Å². The van der Waals surface area contributed by atoms with Crippen molar-refractivity contribution >= 4 is 6.08 Å². The van der Waals surface area contributed by atoms with Gasteiger partial charge in [-0.15, -0.1) is 0 Å². The van der Waals surface area contributed by atoms with Gasteiger partial charge < -0.3 is 0 Å². The first-order valence-electron chi connectivity index (χ1n) is 4.98. The quantitative estimate of drug-likeness (QED) is 0.585. The summed E-state index contributed by atoms with van der Waals surface area (Å²) in [7, 11) is 0. The van der Waals surface area contributed by atoms with Crippen molar-refractivity contribution in [2.24, 2.45) is 0 Å². The molecule has 1 aromatic carbocycles. The maximum absolute atomic E-state index is 13.7. The molecule has 0 unspecified atom stereocenters.